The molecular formula is C18H16F4N6O2. The summed E-state index contributed by atoms with van der Waals surface area (Å²) in [5, 5.41) is 9.26. The number of benzene rings is 1. The monoisotopic (exact) mass is 424 g/mol. The number of nitrogens with one attached hydrogen (secondary N) is 2. The maximum atomic E-state index is 14.1. The van der Waals surface area contributed by atoms with Gasteiger partial charge >= 0.3 is 18.0 Å². The molecule has 2 amide bonds. The molecule has 0 spiro atoms. The molecule has 3 aromatic rings. The van der Waals surface area contributed by atoms with Crippen LogP contribution in [0.25, 0.3) is 10.9 Å². The van der Waals surface area contributed by atoms with E-state index in [1.54, 1.807) is 6.92 Å². The number of halogens is 4. The molecule has 0 bridgehead atoms. The quantitative estimate of drug-likeness (QED) is 0.440. The third-order valence-corrected chi connectivity index (χ3v) is 4.37. The molecule has 0 aliphatic carbocycles. The van der Waals surface area contributed by atoms with Crippen LogP contribution < -0.4 is 11.1 Å². The van der Waals surface area contributed by atoms with Gasteiger partial charge in [-0.05, 0) is 19.1 Å². The molecule has 0 radical (unpaired) electrons. The van der Waals surface area contributed by atoms with Crippen LogP contribution in [0.5, 0.6) is 0 Å². The molecule has 12 heteroatoms. The van der Waals surface area contributed by atoms with E-state index in [9.17, 15) is 27.2 Å². The highest BCUT2D eigenvalue weighted by Crippen LogP contribution is 2.30. The predicted molar refractivity (Wildman–Crippen MR) is 99.4 cm³/mol. The van der Waals surface area contributed by atoms with Gasteiger partial charge < -0.3 is 16.0 Å². The zero-order valence-corrected chi connectivity index (χ0v) is 15.5. The Morgan fingerprint density at radius 2 is 2.00 bits per heavy atom. The summed E-state index contributed by atoms with van der Waals surface area (Å²) < 4.78 is 52.1. The van der Waals surface area contributed by atoms with Crippen molar-refractivity contribution in [1.29, 1.82) is 0 Å². The lowest BCUT2D eigenvalue weighted by molar-refractivity contribution is -0.143. The van der Waals surface area contributed by atoms with Gasteiger partial charge in [0.2, 0.25) is 0 Å². The lowest BCUT2D eigenvalue weighted by Crippen LogP contribution is -2.39. The SMILES string of the molecule is CCN(Cc1ccc(C(F)(F)F)cc1F)C(=O)C(=O)Nc1cnc(N)c2cn[nH]c12. The van der Waals surface area contributed by atoms with E-state index >= 15 is 0 Å². The summed E-state index contributed by atoms with van der Waals surface area (Å²) in [7, 11) is 0. The second-order valence-corrected chi connectivity index (χ2v) is 6.29. The fourth-order valence-electron chi connectivity index (χ4n) is 2.75. The number of nitrogens with two attached hydrogens (primary N) is 1. The molecule has 0 unspecified atom stereocenters. The molecule has 158 valence electrons. The van der Waals surface area contributed by atoms with E-state index in [2.05, 4.69) is 20.5 Å². The molecule has 3 rings (SSSR count). The van der Waals surface area contributed by atoms with E-state index in [0.29, 0.717) is 23.0 Å². The maximum absolute atomic E-state index is 14.1. The summed E-state index contributed by atoms with van der Waals surface area (Å²) in [6.45, 7) is 1.18. The van der Waals surface area contributed by atoms with Gasteiger partial charge in [0.15, 0.2) is 0 Å². The van der Waals surface area contributed by atoms with E-state index < -0.39 is 29.4 Å². The number of amides is 2. The van der Waals surface area contributed by atoms with E-state index in [0.717, 1.165) is 11.0 Å². The lowest BCUT2D eigenvalue weighted by atomic mass is 10.1. The number of aromatic nitrogens is 3. The first-order chi connectivity index (χ1) is 14.1. The Balaban J connectivity index is 1.76. The van der Waals surface area contributed by atoms with Crippen molar-refractivity contribution < 1.29 is 27.2 Å². The summed E-state index contributed by atoms with van der Waals surface area (Å²) in [5.74, 6) is -2.98. The molecule has 1 aromatic carbocycles. The fourth-order valence-corrected chi connectivity index (χ4v) is 2.75. The van der Waals surface area contributed by atoms with Crippen molar-refractivity contribution in [2.75, 3.05) is 17.6 Å². The van der Waals surface area contributed by atoms with Gasteiger partial charge in [-0.25, -0.2) is 9.37 Å². The molecule has 0 aliphatic rings. The zero-order chi connectivity index (χ0) is 22.1. The number of nitrogens with zero attached hydrogens (tertiary/aromatic N) is 3. The first kappa shape index (κ1) is 21.0. The van der Waals surface area contributed by atoms with Crippen LogP contribution in [0.4, 0.5) is 29.1 Å². The molecular weight excluding hydrogens is 408 g/mol. The van der Waals surface area contributed by atoms with Gasteiger partial charge in [0.05, 0.1) is 34.5 Å². The van der Waals surface area contributed by atoms with Gasteiger partial charge in [0.1, 0.15) is 11.6 Å². The van der Waals surface area contributed by atoms with Gasteiger partial charge in [0.25, 0.3) is 0 Å². The highest BCUT2D eigenvalue weighted by Gasteiger charge is 2.31. The summed E-state index contributed by atoms with van der Waals surface area (Å²) in [5.41, 5.74) is 4.92. The largest absolute Gasteiger partial charge is 0.416 e. The highest BCUT2D eigenvalue weighted by molar-refractivity contribution is 6.40. The summed E-state index contributed by atoms with van der Waals surface area (Å²) >= 11 is 0. The van der Waals surface area contributed by atoms with Crippen molar-refractivity contribution in [2.24, 2.45) is 0 Å². The van der Waals surface area contributed by atoms with Crippen LogP contribution in [0, 0.1) is 5.82 Å². The Labute approximate surface area is 167 Å². The van der Waals surface area contributed by atoms with E-state index in [1.165, 1.54) is 12.4 Å². The number of carbonyl (C=O) groups excluding carboxylic acids is 2. The molecule has 30 heavy (non-hydrogen) atoms. The Kier molecular flexibility index (Phi) is 5.58. The van der Waals surface area contributed by atoms with Crippen LogP contribution in [-0.2, 0) is 22.3 Å². The minimum absolute atomic E-state index is 0.0200. The summed E-state index contributed by atoms with van der Waals surface area (Å²) in [4.78, 5) is 29.8. The Morgan fingerprint density at radius 1 is 1.27 bits per heavy atom. The number of likely N-dealkylation sites (N-methyl/N-ethyl adjacent to an activating group) is 1. The van der Waals surface area contributed by atoms with Crippen LogP contribution in [0.1, 0.15) is 18.1 Å². The summed E-state index contributed by atoms with van der Waals surface area (Å²) in [6.07, 6.45) is -2.04. The topological polar surface area (TPSA) is 117 Å². The minimum atomic E-state index is -4.69. The van der Waals surface area contributed by atoms with Gasteiger partial charge in [-0.2, -0.15) is 18.3 Å². The van der Waals surface area contributed by atoms with Gasteiger partial charge in [-0.1, -0.05) is 6.07 Å². The number of alkyl halides is 3. The van der Waals surface area contributed by atoms with Crippen LogP contribution in [0.2, 0.25) is 0 Å². The van der Waals surface area contributed by atoms with Gasteiger partial charge in [-0.3, -0.25) is 14.7 Å². The van der Waals surface area contributed by atoms with Crippen molar-refractivity contribution >= 4 is 34.2 Å². The highest BCUT2D eigenvalue weighted by atomic mass is 19.4. The maximum Gasteiger partial charge on any atom is 0.416 e. The van der Waals surface area contributed by atoms with Gasteiger partial charge in [0, 0.05) is 18.7 Å². The van der Waals surface area contributed by atoms with Crippen molar-refractivity contribution in [1.82, 2.24) is 20.1 Å². The van der Waals surface area contributed by atoms with Crippen LogP contribution >= 0.6 is 0 Å². The Hall–Kier alpha value is -3.70. The lowest BCUT2D eigenvalue weighted by Gasteiger charge is -2.21. The number of hydrogen-bond acceptors (Lipinski definition) is 5. The average molecular weight is 424 g/mol. The van der Waals surface area contributed by atoms with E-state index in [4.69, 9.17) is 5.73 Å². The van der Waals surface area contributed by atoms with E-state index in [1.807, 2.05) is 0 Å². The standard InChI is InChI=1S/C18H16F4N6O2/c1-2-28(8-9-3-4-10(5-12(9)19)18(20,21)22)17(30)16(29)26-13-7-24-15(23)11-6-25-27-14(11)13/h3-7H,2,8H2,1H3,(H2,23,24)(H,25,27)(H,26,29). The Morgan fingerprint density at radius 3 is 2.63 bits per heavy atom. The van der Waals surface area contributed by atoms with Gasteiger partial charge in [-0.15, -0.1) is 0 Å². The minimum Gasteiger partial charge on any atom is -0.383 e. The first-order valence-corrected chi connectivity index (χ1v) is 8.65. The number of pyridine rings is 1. The second-order valence-electron chi connectivity index (χ2n) is 6.29. The second kappa shape index (κ2) is 7.97. The number of fused-ring (bicyclic) bond motifs is 1. The first-order valence-electron chi connectivity index (χ1n) is 8.65. The van der Waals surface area contributed by atoms with Crippen molar-refractivity contribution in [3.8, 4) is 0 Å². The van der Waals surface area contributed by atoms with Crippen molar-refractivity contribution in [2.45, 2.75) is 19.6 Å². The van der Waals surface area contributed by atoms with Crippen LogP contribution in [-0.4, -0.2) is 38.4 Å². The van der Waals surface area contributed by atoms with E-state index in [-0.39, 0.29) is 30.2 Å². The number of carbonyl (C=O) groups is 2. The van der Waals surface area contributed by atoms with Crippen LogP contribution in [0.3, 0.4) is 0 Å². The molecule has 0 atom stereocenters. The third kappa shape index (κ3) is 4.16. The number of H-pyrrole nitrogens is 1. The number of aromatic amines is 1. The third-order valence-electron chi connectivity index (χ3n) is 4.37. The molecule has 0 fully saturated rings. The molecule has 0 aliphatic heterocycles. The Bertz CT molecular complexity index is 1110. The molecule has 4 N–H and O–H groups in total. The average Bonchev–Trinajstić information content (AvgIpc) is 3.19. The smallest absolute Gasteiger partial charge is 0.383 e. The molecule has 0 saturated heterocycles. The molecule has 8 nitrogen and oxygen atoms in total. The summed E-state index contributed by atoms with van der Waals surface area (Å²) in [6, 6.07) is 2.00. The molecule has 2 aromatic heterocycles. The normalized spacial score (nSPS) is 11.5. The predicted octanol–water partition coefficient (Wildman–Crippen LogP) is 2.69. The van der Waals surface area contributed by atoms with Crippen molar-refractivity contribution in [3.63, 3.8) is 0 Å². The number of hydrogen-bond donors (Lipinski definition) is 3. The van der Waals surface area contributed by atoms with Crippen LogP contribution in [0.15, 0.2) is 30.6 Å². The molecule has 2 heterocycles. The van der Waals surface area contributed by atoms with Crippen molar-refractivity contribution in [3.05, 3.63) is 47.5 Å². The fraction of sp³-hybridized carbons (Fsp3) is 0.222. The number of rotatable bonds is 4. The molecule has 0 saturated carbocycles. The number of nitrogen functional groups attached to an aromatic ring is 1. The zero-order valence-electron chi connectivity index (χ0n) is 15.5. The number of anilines is 2.